The van der Waals surface area contributed by atoms with Crippen molar-refractivity contribution < 1.29 is 39.5 Å². The maximum atomic E-state index is 15.0. The van der Waals surface area contributed by atoms with Gasteiger partial charge in [-0.1, -0.05) is 81.1 Å². The van der Waals surface area contributed by atoms with Gasteiger partial charge in [0.2, 0.25) is 0 Å². The van der Waals surface area contributed by atoms with E-state index < -0.39 is 63.5 Å². The molecule has 0 radical (unpaired) electrons. The van der Waals surface area contributed by atoms with Crippen LogP contribution < -0.4 is 0 Å². The van der Waals surface area contributed by atoms with Crippen LogP contribution in [0.25, 0.3) is 39.7 Å². The SMILES string of the molecule is CCCCCCC/C(F)=C(\F)c1ccc(/C(F)=C(\F)c2ccc(-c3cc(F)c(-c4cc(F)c(F)c(F)c4)c(F)c3)cc2)cc1. The maximum absolute atomic E-state index is 15.0. The average Bonchev–Trinajstić information content (AvgIpc) is 3.02. The van der Waals surface area contributed by atoms with E-state index in [1.807, 2.05) is 6.92 Å². The zero-order valence-corrected chi connectivity index (χ0v) is 23.6. The van der Waals surface area contributed by atoms with Crippen LogP contribution in [-0.2, 0) is 0 Å². The van der Waals surface area contributed by atoms with E-state index in [-0.39, 0.29) is 34.2 Å². The highest BCUT2D eigenvalue weighted by Crippen LogP contribution is 2.35. The van der Waals surface area contributed by atoms with Crippen molar-refractivity contribution in [1.82, 2.24) is 0 Å². The zero-order chi connectivity index (χ0) is 32.0. The van der Waals surface area contributed by atoms with E-state index in [4.69, 9.17) is 0 Å². The van der Waals surface area contributed by atoms with Crippen molar-refractivity contribution in [2.75, 3.05) is 0 Å². The Bertz CT molecular complexity index is 1640. The Morgan fingerprint density at radius 1 is 0.477 bits per heavy atom. The summed E-state index contributed by atoms with van der Waals surface area (Å²) >= 11 is 0. The Hall–Kier alpha value is -4.27. The number of allylic oxidation sites excluding steroid dienone is 1. The Labute approximate surface area is 249 Å². The summed E-state index contributed by atoms with van der Waals surface area (Å²) in [6.45, 7) is 2.05. The second-order valence-corrected chi connectivity index (χ2v) is 10.2. The fourth-order valence-electron chi connectivity index (χ4n) is 4.69. The summed E-state index contributed by atoms with van der Waals surface area (Å²) in [6, 6.07) is 12.1. The smallest absolute Gasteiger partial charge is 0.194 e. The number of benzene rings is 4. The Morgan fingerprint density at radius 2 is 0.909 bits per heavy atom. The lowest BCUT2D eigenvalue weighted by Crippen LogP contribution is -1.97. The molecule has 0 aliphatic rings. The lowest BCUT2D eigenvalue weighted by Gasteiger charge is -2.10. The van der Waals surface area contributed by atoms with Gasteiger partial charge in [0, 0.05) is 23.1 Å². The minimum Gasteiger partial charge on any atom is -0.209 e. The molecule has 0 fully saturated rings. The molecule has 0 saturated carbocycles. The highest BCUT2D eigenvalue weighted by atomic mass is 19.2. The monoisotopic (exact) mass is 618 g/mol. The van der Waals surface area contributed by atoms with Crippen LogP contribution in [0.15, 0.2) is 78.6 Å². The van der Waals surface area contributed by atoms with Gasteiger partial charge in [-0.05, 0) is 47.4 Å². The minimum atomic E-state index is -1.78. The molecule has 0 nitrogen and oxygen atoms in total. The molecule has 0 aromatic heterocycles. The van der Waals surface area contributed by atoms with Gasteiger partial charge in [0.25, 0.3) is 0 Å². The van der Waals surface area contributed by atoms with E-state index >= 15 is 0 Å². The van der Waals surface area contributed by atoms with Crippen LogP contribution in [0.1, 0.15) is 62.1 Å². The van der Waals surface area contributed by atoms with Crippen molar-refractivity contribution in [3.05, 3.63) is 124 Å². The fraction of sp³-hybridized carbons (Fsp3) is 0.200. The summed E-state index contributed by atoms with van der Waals surface area (Å²) < 4.78 is 129. The third-order valence-corrected chi connectivity index (χ3v) is 7.11. The van der Waals surface area contributed by atoms with Gasteiger partial charge in [-0.2, -0.15) is 0 Å². The van der Waals surface area contributed by atoms with Crippen molar-refractivity contribution in [2.45, 2.75) is 45.4 Å². The highest BCUT2D eigenvalue weighted by molar-refractivity contribution is 5.84. The molecule has 4 aromatic carbocycles. The predicted molar refractivity (Wildman–Crippen MR) is 155 cm³/mol. The van der Waals surface area contributed by atoms with Crippen LogP contribution >= 0.6 is 0 Å². The lowest BCUT2D eigenvalue weighted by molar-refractivity contribution is 0.447. The molecule has 0 amide bonds. The molecule has 0 N–H and O–H groups in total. The first-order valence-corrected chi connectivity index (χ1v) is 14.0. The molecule has 0 atom stereocenters. The summed E-state index contributed by atoms with van der Waals surface area (Å²) in [5.74, 6) is -11.8. The molecule has 9 heteroatoms. The van der Waals surface area contributed by atoms with Crippen molar-refractivity contribution >= 4 is 17.5 Å². The summed E-state index contributed by atoms with van der Waals surface area (Å²) in [7, 11) is 0. The van der Waals surface area contributed by atoms with Crippen LogP contribution in [-0.4, -0.2) is 0 Å². The van der Waals surface area contributed by atoms with Crippen molar-refractivity contribution in [2.24, 2.45) is 0 Å². The zero-order valence-electron chi connectivity index (χ0n) is 23.6. The molecule has 4 rings (SSSR count). The third kappa shape index (κ3) is 7.44. The van der Waals surface area contributed by atoms with Gasteiger partial charge < -0.3 is 0 Å². The Balaban J connectivity index is 1.51. The number of hydrogen-bond acceptors (Lipinski definition) is 0. The van der Waals surface area contributed by atoms with Gasteiger partial charge in [0.05, 0.1) is 5.56 Å². The molecular weight excluding hydrogens is 591 g/mol. The topological polar surface area (TPSA) is 0 Å². The Morgan fingerprint density at radius 3 is 1.41 bits per heavy atom. The number of halogens is 9. The summed E-state index contributed by atoms with van der Waals surface area (Å²) in [4.78, 5) is 0. The molecule has 0 aliphatic carbocycles. The van der Waals surface area contributed by atoms with Gasteiger partial charge >= 0.3 is 0 Å². The third-order valence-electron chi connectivity index (χ3n) is 7.11. The fourth-order valence-corrected chi connectivity index (χ4v) is 4.69. The quantitative estimate of drug-likeness (QED) is 0.0679. The normalized spacial score (nSPS) is 12.7. The second-order valence-electron chi connectivity index (χ2n) is 10.2. The molecule has 4 aromatic rings. The van der Waals surface area contributed by atoms with Gasteiger partial charge in [0.1, 0.15) is 17.5 Å². The first-order valence-electron chi connectivity index (χ1n) is 14.0. The number of unbranched alkanes of at least 4 members (excludes halogenated alkanes) is 4. The van der Waals surface area contributed by atoms with E-state index in [0.29, 0.717) is 18.6 Å². The molecule has 44 heavy (non-hydrogen) atoms. The van der Waals surface area contributed by atoms with Crippen LogP contribution in [0.4, 0.5) is 39.5 Å². The Kier molecular flexibility index (Phi) is 10.7. The number of rotatable bonds is 11. The molecular formula is C35H27F9. The molecule has 0 aliphatic heterocycles. The lowest BCUT2D eigenvalue weighted by atomic mass is 9.97. The molecule has 0 bridgehead atoms. The highest BCUT2D eigenvalue weighted by Gasteiger charge is 2.19. The molecule has 0 saturated heterocycles. The van der Waals surface area contributed by atoms with E-state index in [2.05, 4.69) is 0 Å². The second kappa shape index (κ2) is 14.5. The van der Waals surface area contributed by atoms with E-state index in [9.17, 15) is 39.5 Å². The maximum Gasteiger partial charge on any atom is 0.194 e. The summed E-state index contributed by atoms with van der Waals surface area (Å²) in [5.41, 5.74) is -1.63. The molecule has 0 spiro atoms. The van der Waals surface area contributed by atoms with Crippen LogP contribution in [0, 0.1) is 29.1 Å². The van der Waals surface area contributed by atoms with Crippen molar-refractivity contribution in [3.63, 3.8) is 0 Å². The van der Waals surface area contributed by atoms with Gasteiger partial charge in [0.15, 0.2) is 34.9 Å². The van der Waals surface area contributed by atoms with Crippen molar-refractivity contribution in [3.8, 4) is 22.3 Å². The van der Waals surface area contributed by atoms with Crippen LogP contribution in [0.2, 0.25) is 0 Å². The van der Waals surface area contributed by atoms with E-state index in [1.54, 1.807) is 0 Å². The average molecular weight is 619 g/mol. The molecule has 0 heterocycles. The van der Waals surface area contributed by atoms with E-state index in [1.165, 1.54) is 24.3 Å². The molecule has 230 valence electrons. The predicted octanol–water partition coefficient (Wildman–Crippen LogP) is 12.4. The molecule has 0 unspecified atom stereocenters. The van der Waals surface area contributed by atoms with Crippen LogP contribution in [0.3, 0.4) is 0 Å². The van der Waals surface area contributed by atoms with Crippen LogP contribution in [0.5, 0.6) is 0 Å². The van der Waals surface area contributed by atoms with Crippen molar-refractivity contribution in [1.29, 1.82) is 0 Å². The van der Waals surface area contributed by atoms with Gasteiger partial charge in [-0.25, -0.2) is 39.5 Å². The minimum absolute atomic E-state index is 0.0120. The van der Waals surface area contributed by atoms with Gasteiger partial charge in [-0.15, -0.1) is 0 Å². The first-order chi connectivity index (χ1) is 21.0. The van der Waals surface area contributed by atoms with E-state index in [0.717, 1.165) is 62.1 Å². The summed E-state index contributed by atoms with van der Waals surface area (Å²) in [5, 5.41) is 0. The first kappa shape index (κ1) is 32.6. The standard InChI is InChI=1S/C35H27F9/c1-2-3-4-5-6-7-26(36)32(41)21-12-14-23(15-13-21)34(43)33(42)22-10-8-20(9-11-22)24-16-27(37)31(28(38)17-24)25-18-29(39)35(44)30(40)19-25/h8-19H,2-7H2,1H3/b32-26+,34-33+. The van der Waals surface area contributed by atoms with Gasteiger partial charge in [-0.3, -0.25) is 0 Å². The number of hydrogen-bond donors (Lipinski definition) is 0. The largest absolute Gasteiger partial charge is 0.209 e. The summed E-state index contributed by atoms with van der Waals surface area (Å²) in [6.07, 6.45) is 4.24.